The van der Waals surface area contributed by atoms with E-state index in [0.29, 0.717) is 6.61 Å². The molecule has 114 valence electrons. The van der Waals surface area contributed by atoms with Crippen molar-refractivity contribution in [2.24, 2.45) is 5.73 Å². The Balaban J connectivity index is 1.91. The van der Waals surface area contributed by atoms with Crippen LogP contribution < -0.4 is 15.9 Å². The molecule has 2 aromatic rings. The van der Waals surface area contributed by atoms with Gasteiger partial charge >= 0.3 is 6.92 Å². The van der Waals surface area contributed by atoms with E-state index in [1.807, 2.05) is 31.2 Å². The maximum atomic E-state index is 6.11. The average Bonchev–Trinajstić information content (AvgIpc) is 2.89. The van der Waals surface area contributed by atoms with Crippen LogP contribution in [0.1, 0.15) is 36.6 Å². The standard InChI is InChI=1S/C18H22BNO2/c1-4-16-17(10-7-14-11-21-19(3)18(14)16)22-15-8-5-13(6-9-15)12(2)20/h5-10,12H,4,11,20H2,1-3H3. The highest BCUT2D eigenvalue weighted by Crippen LogP contribution is 2.29. The predicted molar refractivity (Wildman–Crippen MR) is 91.0 cm³/mol. The van der Waals surface area contributed by atoms with E-state index in [-0.39, 0.29) is 13.0 Å². The first-order valence-electron chi connectivity index (χ1n) is 7.89. The van der Waals surface area contributed by atoms with Gasteiger partial charge in [-0.2, -0.15) is 0 Å². The van der Waals surface area contributed by atoms with Crippen LogP contribution in [0, 0.1) is 0 Å². The van der Waals surface area contributed by atoms with Gasteiger partial charge in [-0.1, -0.05) is 31.9 Å². The van der Waals surface area contributed by atoms with Crippen molar-refractivity contribution in [3.63, 3.8) is 0 Å². The highest BCUT2D eigenvalue weighted by molar-refractivity contribution is 6.68. The van der Waals surface area contributed by atoms with Gasteiger partial charge in [-0.15, -0.1) is 0 Å². The van der Waals surface area contributed by atoms with Crippen LogP contribution in [0.3, 0.4) is 0 Å². The molecular weight excluding hydrogens is 273 g/mol. The summed E-state index contributed by atoms with van der Waals surface area (Å²) in [5.41, 5.74) is 10.8. The van der Waals surface area contributed by atoms with Gasteiger partial charge in [0.1, 0.15) is 11.5 Å². The van der Waals surface area contributed by atoms with Crippen molar-refractivity contribution in [1.82, 2.24) is 0 Å². The summed E-state index contributed by atoms with van der Waals surface area (Å²) in [4.78, 5) is 0. The first-order valence-corrected chi connectivity index (χ1v) is 7.89. The second-order valence-electron chi connectivity index (χ2n) is 5.88. The fraction of sp³-hybridized carbons (Fsp3) is 0.333. The van der Waals surface area contributed by atoms with Crippen molar-refractivity contribution >= 4 is 12.4 Å². The summed E-state index contributed by atoms with van der Waals surface area (Å²) < 4.78 is 11.9. The molecule has 0 amide bonds. The Bertz CT molecular complexity index is 668. The van der Waals surface area contributed by atoms with E-state index >= 15 is 0 Å². The fourth-order valence-corrected chi connectivity index (χ4v) is 3.05. The summed E-state index contributed by atoms with van der Waals surface area (Å²) in [7, 11) is 0. The zero-order chi connectivity index (χ0) is 15.7. The topological polar surface area (TPSA) is 44.5 Å². The molecule has 0 spiro atoms. The molecule has 1 aliphatic rings. The van der Waals surface area contributed by atoms with Crippen molar-refractivity contribution in [3.05, 3.63) is 53.1 Å². The summed E-state index contributed by atoms with van der Waals surface area (Å²) in [5.74, 6) is 1.76. The molecule has 2 aromatic carbocycles. The lowest BCUT2D eigenvalue weighted by Gasteiger charge is -2.15. The minimum absolute atomic E-state index is 0.0400. The van der Waals surface area contributed by atoms with Gasteiger partial charge in [-0.3, -0.25) is 0 Å². The lowest BCUT2D eigenvalue weighted by Crippen LogP contribution is -2.28. The molecule has 2 N–H and O–H groups in total. The minimum atomic E-state index is 0.0400. The number of hydrogen-bond acceptors (Lipinski definition) is 3. The number of ether oxygens (including phenoxy) is 1. The van der Waals surface area contributed by atoms with Crippen molar-refractivity contribution in [2.75, 3.05) is 0 Å². The van der Waals surface area contributed by atoms with Crippen LogP contribution in [-0.4, -0.2) is 6.92 Å². The van der Waals surface area contributed by atoms with Gasteiger partial charge in [0.25, 0.3) is 0 Å². The molecule has 0 aromatic heterocycles. The highest BCUT2D eigenvalue weighted by Gasteiger charge is 2.27. The van der Waals surface area contributed by atoms with E-state index in [0.717, 1.165) is 23.5 Å². The second-order valence-corrected chi connectivity index (χ2v) is 5.88. The van der Waals surface area contributed by atoms with Crippen molar-refractivity contribution in [1.29, 1.82) is 0 Å². The number of rotatable bonds is 4. The van der Waals surface area contributed by atoms with Crippen LogP contribution in [0.4, 0.5) is 0 Å². The van der Waals surface area contributed by atoms with Crippen molar-refractivity contribution < 1.29 is 9.39 Å². The Hall–Kier alpha value is -1.78. The molecule has 1 atom stereocenters. The van der Waals surface area contributed by atoms with Crippen LogP contribution in [0.25, 0.3) is 0 Å². The Labute approximate surface area is 132 Å². The molecule has 0 aliphatic carbocycles. The summed E-state index contributed by atoms with van der Waals surface area (Å²) in [6.45, 7) is 7.09. The lowest BCUT2D eigenvalue weighted by molar-refractivity contribution is 0.333. The van der Waals surface area contributed by atoms with Crippen LogP contribution in [0.2, 0.25) is 6.82 Å². The van der Waals surface area contributed by atoms with E-state index in [2.05, 4.69) is 25.9 Å². The third kappa shape index (κ3) is 2.76. The minimum Gasteiger partial charge on any atom is -0.457 e. The molecule has 0 saturated heterocycles. The van der Waals surface area contributed by atoms with E-state index in [1.54, 1.807) is 0 Å². The van der Waals surface area contributed by atoms with Crippen LogP contribution >= 0.6 is 0 Å². The number of benzene rings is 2. The number of hydrogen-bond donors (Lipinski definition) is 1. The molecular formula is C18H22BNO2. The Morgan fingerprint density at radius 1 is 1.23 bits per heavy atom. The molecule has 3 nitrogen and oxygen atoms in total. The quantitative estimate of drug-likeness (QED) is 0.879. The van der Waals surface area contributed by atoms with Crippen LogP contribution in [0.15, 0.2) is 36.4 Å². The molecule has 1 unspecified atom stereocenters. The third-order valence-corrected chi connectivity index (χ3v) is 4.29. The average molecular weight is 295 g/mol. The maximum absolute atomic E-state index is 6.11. The highest BCUT2D eigenvalue weighted by atomic mass is 16.5. The van der Waals surface area contributed by atoms with E-state index < -0.39 is 0 Å². The second kappa shape index (κ2) is 6.15. The third-order valence-electron chi connectivity index (χ3n) is 4.29. The summed E-state index contributed by atoms with van der Waals surface area (Å²) in [5, 5.41) is 0. The molecule has 3 rings (SSSR count). The molecule has 0 saturated carbocycles. The Kier molecular flexibility index (Phi) is 4.23. The normalized spacial score (nSPS) is 14.8. The van der Waals surface area contributed by atoms with Gasteiger partial charge in [0.15, 0.2) is 0 Å². The lowest BCUT2D eigenvalue weighted by atomic mass is 9.62. The summed E-state index contributed by atoms with van der Waals surface area (Å²) in [6, 6.07) is 12.2. The van der Waals surface area contributed by atoms with Gasteiger partial charge in [-0.05, 0) is 53.7 Å². The van der Waals surface area contributed by atoms with Gasteiger partial charge in [0.05, 0.1) is 6.61 Å². The van der Waals surface area contributed by atoms with Crippen LogP contribution in [0.5, 0.6) is 11.5 Å². The monoisotopic (exact) mass is 295 g/mol. The predicted octanol–water partition coefficient (Wildman–Crippen LogP) is 3.42. The zero-order valence-corrected chi connectivity index (χ0v) is 13.4. The Morgan fingerprint density at radius 2 is 1.95 bits per heavy atom. The number of fused-ring (bicyclic) bond motifs is 1. The molecule has 1 heterocycles. The van der Waals surface area contributed by atoms with E-state index in [9.17, 15) is 0 Å². The van der Waals surface area contributed by atoms with Crippen molar-refractivity contribution in [3.8, 4) is 11.5 Å². The van der Waals surface area contributed by atoms with Gasteiger partial charge < -0.3 is 15.1 Å². The molecule has 1 aliphatic heterocycles. The molecule has 4 heteroatoms. The first-order chi connectivity index (χ1) is 10.6. The fourth-order valence-electron chi connectivity index (χ4n) is 3.05. The molecule has 0 radical (unpaired) electrons. The maximum Gasteiger partial charge on any atom is 0.324 e. The smallest absolute Gasteiger partial charge is 0.324 e. The van der Waals surface area contributed by atoms with E-state index in [4.69, 9.17) is 15.1 Å². The SMILES string of the molecule is CCc1c(Oc2ccc(C(C)N)cc2)ccc2c1B(C)OC2. The number of nitrogens with two attached hydrogens (primary N) is 1. The Morgan fingerprint density at radius 3 is 2.59 bits per heavy atom. The molecule has 22 heavy (non-hydrogen) atoms. The molecule has 0 fully saturated rings. The van der Waals surface area contributed by atoms with Gasteiger partial charge in [-0.25, -0.2) is 0 Å². The van der Waals surface area contributed by atoms with E-state index in [1.165, 1.54) is 16.6 Å². The zero-order valence-electron chi connectivity index (χ0n) is 13.4. The van der Waals surface area contributed by atoms with Gasteiger partial charge in [0, 0.05) is 6.04 Å². The van der Waals surface area contributed by atoms with Crippen LogP contribution in [-0.2, 0) is 17.7 Å². The molecule has 0 bridgehead atoms. The largest absolute Gasteiger partial charge is 0.457 e. The summed E-state index contributed by atoms with van der Waals surface area (Å²) in [6.07, 6.45) is 0.935. The van der Waals surface area contributed by atoms with Crippen molar-refractivity contribution in [2.45, 2.75) is 39.7 Å². The summed E-state index contributed by atoms with van der Waals surface area (Å²) >= 11 is 0. The first kappa shape index (κ1) is 15.1. The van der Waals surface area contributed by atoms with Gasteiger partial charge in [0.2, 0.25) is 0 Å².